The molecular formula is C61H70N3O7S2+. The number of thiocarbonyl (C=S) groups is 1. The molecule has 1 unspecified atom stereocenters. The molecule has 0 spiro atoms. The van der Waals surface area contributed by atoms with Crippen LogP contribution in [-0.2, 0) is 28.9 Å². The van der Waals surface area contributed by atoms with Crippen molar-refractivity contribution in [1.29, 1.82) is 0 Å². The van der Waals surface area contributed by atoms with E-state index in [4.69, 9.17) is 30.8 Å². The Morgan fingerprint density at radius 1 is 0.863 bits per heavy atom. The van der Waals surface area contributed by atoms with Gasteiger partial charge in [0.25, 0.3) is 17.6 Å². The zero-order valence-corrected chi connectivity index (χ0v) is 45.5. The number of imide groups is 1. The summed E-state index contributed by atoms with van der Waals surface area (Å²) in [5.74, 6) is 2.65. The molecule has 4 aromatic rings. The Kier molecular flexibility index (Phi) is 17.3. The number of benzene rings is 5. The molecule has 4 aliphatic rings. The van der Waals surface area contributed by atoms with Gasteiger partial charge in [0.05, 0.1) is 11.0 Å². The summed E-state index contributed by atoms with van der Waals surface area (Å²) in [5, 5.41) is 4.00. The number of anilines is 1. The van der Waals surface area contributed by atoms with Crippen molar-refractivity contribution in [3.8, 4) is 39.7 Å². The van der Waals surface area contributed by atoms with Crippen molar-refractivity contribution in [2.45, 2.75) is 125 Å². The number of ether oxygens (including phenoxy) is 3. The normalized spacial score (nSPS) is 15.9. The predicted octanol–water partition coefficient (Wildman–Crippen LogP) is 13.3. The highest BCUT2D eigenvalue weighted by atomic mass is 32.2. The Labute approximate surface area is 440 Å². The number of hydrogen-bond acceptors (Lipinski definition) is 10. The molecule has 3 heterocycles. The van der Waals surface area contributed by atoms with E-state index in [0.29, 0.717) is 30.2 Å². The lowest BCUT2D eigenvalue weighted by Gasteiger charge is -2.38. The minimum absolute atomic E-state index is 0.351. The van der Waals surface area contributed by atoms with Gasteiger partial charge in [0, 0.05) is 59.4 Å². The van der Waals surface area contributed by atoms with Crippen LogP contribution < -0.4 is 34.4 Å². The van der Waals surface area contributed by atoms with Crippen LogP contribution in [0.2, 0.25) is 0 Å². The van der Waals surface area contributed by atoms with Gasteiger partial charge in [-0.05, 0) is 192 Å². The monoisotopic (exact) mass is 1020 g/mol. The molecule has 1 aliphatic carbocycles. The van der Waals surface area contributed by atoms with E-state index < -0.39 is 5.60 Å². The van der Waals surface area contributed by atoms with Gasteiger partial charge in [-0.1, -0.05) is 55.7 Å². The average molecular weight is 1020 g/mol. The molecule has 8 rings (SSSR count). The molecule has 73 heavy (non-hydrogen) atoms. The van der Waals surface area contributed by atoms with E-state index in [1.165, 1.54) is 27.8 Å². The van der Waals surface area contributed by atoms with Crippen molar-refractivity contribution < 1.29 is 33.0 Å². The summed E-state index contributed by atoms with van der Waals surface area (Å²) in [6.07, 6.45) is 11.7. The van der Waals surface area contributed by atoms with Gasteiger partial charge in [0.15, 0.2) is 0 Å². The van der Waals surface area contributed by atoms with E-state index >= 15 is 0 Å². The fourth-order valence-electron chi connectivity index (χ4n) is 10.6. The standard InChI is InChI=1S/C61H69N3O7S2/c1-9-63(10-2)44-23-28-51-54(35-44)70-55-36-45(64(11-3)12-4)24-29-52(55)57(51)50-27-22-43(33-53(50)69-38-65)32-47(72)18-16-14-13-15-17-19-48-39(5)40(6)58-49(41(48)7)30-31-61(8,71-58)37-68-46-25-20-42(21-26-46)34-56-59(66)62-60(67)73-56/h20-29,33-36,38H,9-19,30-32,37H2,1-8H3/p+1/b56-34-. The molecular weight excluding hydrogens is 951 g/mol. The van der Waals surface area contributed by atoms with Crippen molar-refractivity contribution >= 4 is 69.2 Å². The number of nitrogens with zero attached hydrogens (tertiary/aromatic N) is 2. The molecule has 0 radical (unpaired) electrons. The number of carbonyl (C=O) groups is 3. The molecule has 2 amide bonds. The molecule has 0 bridgehead atoms. The highest BCUT2D eigenvalue weighted by Crippen LogP contribution is 2.45. The van der Waals surface area contributed by atoms with Crippen molar-refractivity contribution in [1.82, 2.24) is 9.89 Å². The second-order valence-electron chi connectivity index (χ2n) is 19.6. The molecule has 1 atom stereocenters. The van der Waals surface area contributed by atoms with E-state index in [0.717, 1.165) is 168 Å². The molecule has 1 N–H and O–H groups in total. The molecule has 0 aromatic heterocycles. The van der Waals surface area contributed by atoms with Crippen LogP contribution in [0.15, 0.2) is 88.2 Å². The summed E-state index contributed by atoms with van der Waals surface area (Å²) in [5.41, 5.74) is 12.7. The Bertz CT molecular complexity index is 3110. The molecule has 12 heteroatoms. The summed E-state index contributed by atoms with van der Waals surface area (Å²) in [4.78, 5) is 39.2. The van der Waals surface area contributed by atoms with Crippen molar-refractivity contribution in [2.24, 2.45) is 0 Å². The maximum absolute atomic E-state index is 12.1. The van der Waals surface area contributed by atoms with Crippen LogP contribution in [0.1, 0.15) is 119 Å². The van der Waals surface area contributed by atoms with Gasteiger partial charge in [-0.15, -0.1) is 0 Å². The topological polar surface area (TPSA) is 110 Å². The summed E-state index contributed by atoms with van der Waals surface area (Å²) in [6.45, 7) is 21.9. The summed E-state index contributed by atoms with van der Waals surface area (Å²) in [7, 11) is 0. The first-order valence-corrected chi connectivity index (χ1v) is 27.4. The molecule has 0 saturated carbocycles. The van der Waals surface area contributed by atoms with Crippen LogP contribution in [0.5, 0.6) is 17.2 Å². The Balaban J connectivity index is 0.850. The van der Waals surface area contributed by atoms with Gasteiger partial charge >= 0.3 is 0 Å². The smallest absolute Gasteiger partial charge is 0.298 e. The van der Waals surface area contributed by atoms with E-state index in [1.807, 2.05) is 30.3 Å². The number of thioether (sulfide) groups is 1. The fourth-order valence-corrected chi connectivity index (χ4v) is 11.6. The van der Waals surface area contributed by atoms with Crippen molar-refractivity contribution in [3.63, 3.8) is 0 Å². The van der Waals surface area contributed by atoms with Crippen molar-refractivity contribution in [2.75, 3.05) is 37.7 Å². The Morgan fingerprint density at radius 2 is 1.60 bits per heavy atom. The minimum Gasteiger partial charge on any atom is -0.489 e. The van der Waals surface area contributed by atoms with Gasteiger partial charge in [0.1, 0.15) is 53.9 Å². The van der Waals surface area contributed by atoms with Crippen LogP contribution >= 0.6 is 24.0 Å². The molecule has 3 aliphatic heterocycles. The van der Waals surface area contributed by atoms with Crippen molar-refractivity contribution in [3.05, 3.63) is 128 Å². The third-order valence-corrected chi connectivity index (χ3v) is 16.0. The lowest BCUT2D eigenvalue weighted by atomic mass is 9.84. The van der Waals surface area contributed by atoms with Crippen LogP contribution in [-0.4, -0.2) is 60.9 Å². The molecule has 10 nitrogen and oxygen atoms in total. The van der Waals surface area contributed by atoms with Gasteiger partial charge in [-0.2, -0.15) is 0 Å². The highest BCUT2D eigenvalue weighted by Gasteiger charge is 2.35. The summed E-state index contributed by atoms with van der Waals surface area (Å²) >= 11 is 6.88. The first kappa shape index (κ1) is 53.1. The fraction of sp³-hybridized carbons (Fsp3) is 0.393. The van der Waals surface area contributed by atoms with Crippen LogP contribution in [0.25, 0.3) is 39.5 Å². The number of unbranched alkanes of at least 4 members (excludes halogenated alkanes) is 4. The third-order valence-electron chi connectivity index (χ3n) is 14.9. The Hall–Kier alpha value is -6.24. The Morgan fingerprint density at radius 3 is 2.32 bits per heavy atom. The van der Waals surface area contributed by atoms with Gasteiger partial charge in [-0.25, -0.2) is 4.58 Å². The molecule has 382 valence electrons. The first-order valence-electron chi connectivity index (χ1n) is 26.1. The third kappa shape index (κ3) is 12.1. The first-order chi connectivity index (χ1) is 35.3. The number of amides is 2. The largest absolute Gasteiger partial charge is 0.489 e. The molecule has 4 aromatic carbocycles. The van der Waals surface area contributed by atoms with Crippen LogP contribution in [0, 0.1) is 20.8 Å². The lowest BCUT2D eigenvalue weighted by molar-refractivity contribution is -0.120. The SMILES string of the molecule is CCN(CC)c1ccc2c(-c3ccc(CC(=S)CCCCCCCc4c(C)c(C)c5c(c4C)CCC(C)(COc4ccc(/C=C6\SC(=O)NC6=O)cc4)O5)cc3OC=O)c3ccc(=[N+](CC)CC)cc-3oc2c1. The number of fused-ring (bicyclic) bond motifs is 3. The van der Waals surface area contributed by atoms with E-state index in [1.54, 1.807) is 6.08 Å². The maximum atomic E-state index is 12.1. The van der Waals surface area contributed by atoms with E-state index in [2.05, 4.69) is 119 Å². The van der Waals surface area contributed by atoms with E-state index in [-0.39, 0.29) is 11.1 Å². The highest BCUT2D eigenvalue weighted by molar-refractivity contribution is 8.18. The predicted molar refractivity (Wildman–Crippen MR) is 302 cm³/mol. The summed E-state index contributed by atoms with van der Waals surface area (Å²) in [6, 6.07) is 26.5. The number of nitrogens with one attached hydrogen (secondary N) is 1. The van der Waals surface area contributed by atoms with E-state index in [9.17, 15) is 14.4 Å². The van der Waals surface area contributed by atoms with Gasteiger partial charge in [-0.3, -0.25) is 19.7 Å². The second-order valence-corrected chi connectivity index (χ2v) is 21.2. The second kappa shape index (κ2) is 23.7. The number of carbonyl (C=O) groups excluding carboxylic acids is 3. The minimum atomic E-state index is -0.476. The maximum Gasteiger partial charge on any atom is 0.298 e. The molecule has 1 saturated heterocycles. The van der Waals surface area contributed by atoms with Crippen LogP contribution in [0.4, 0.5) is 10.5 Å². The zero-order chi connectivity index (χ0) is 51.8. The van der Waals surface area contributed by atoms with Gasteiger partial charge in [0.2, 0.25) is 5.36 Å². The number of rotatable bonds is 22. The lowest BCUT2D eigenvalue weighted by Crippen LogP contribution is -2.42. The van der Waals surface area contributed by atoms with Crippen LogP contribution in [0.3, 0.4) is 0 Å². The van der Waals surface area contributed by atoms with Gasteiger partial charge < -0.3 is 23.5 Å². The number of hydrogen-bond donors (Lipinski definition) is 1. The quantitative estimate of drug-likeness (QED) is 0.0176. The zero-order valence-electron chi connectivity index (χ0n) is 43.8. The molecule has 1 fully saturated rings. The summed E-state index contributed by atoms with van der Waals surface area (Å²) < 4.78 is 27.8. The average Bonchev–Trinajstić information content (AvgIpc) is 3.71.